The quantitative estimate of drug-likeness (QED) is 0.607. The van der Waals surface area contributed by atoms with Gasteiger partial charge < -0.3 is 0 Å². The molecule has 1 atom stereocenters. The number of hydrogen-bond donors (Lipinski definition) is 2. The van der Waals surface area contributed by atoms with Crippen LogP contribution in [0.3, 0.4) is 0 Å². The van der Waals surface area contributed by atoms with Crippen LogP contribution in [0.5, 0.6) is 0 Å². The molecule has 0 aliphatic heterocycles. The lowest BCUT2D eigenvalue weighted by Crippen LogP contribution is -2.28. The van der Waals surface area contributed by atoms with Gasteiger partial charge in [-0.05, 0) is 40.4 Å². The van der Waals surface area contributed by atoms with Crippen molar-refractivity contribution in [2.24, 2.45) is 5.84 Å². The Bertz CT molecular complexity index is 464. The van der Waals surface area contributed by atoms with Crippen molar-refractivity contribution in [1.29, 1.82) is 0 Å². The Balaban J connectivity index is 2.60. The van der Waals surface area contributed by atoms with E-state index < -0.39 is 9.84 Å². The number of nitrogens with two attached hydrogens (primary N) is 1. The monoisotopic (exact) mass is 321 g/mol. The molecular formula is C10H16BrN3O2S. The van der Waals surface area contributed by atoms with Crippen molar-refractivity contribution in [3.8, 4) is 0 Å². The number of hydrogen-bond acceptors (Lipinski definition) is 5. The van der Waals surface area contributed by atoms with Gasteiger partial charge in [0.2, 0.25) is 0 Å². The third-order valence-corrected chi connectivity index (χ3v) is 3.80. The zero-order valence-corrected chi connectivity index (χ0v) is 12.0. The molecule has 0 aromatic carbocycles. The van der Waals surface area contributed by atoms with Crippen molar-refractivity contribution in [3.05, 3.63) is 28.5 Å². The molecule has 1 aromatic heterocycles. The molecule has 0 aliphatic rings. The average molecular weight is 322 g/mol. The predicted molar refractivity (Wildman–Crippen MR) is 70.9 cm³/mol. The van der Waals surface area contributed by atoms with Gasteiger partial charge in [-0.15, -0.1) is 0 Å². The Labute approximate surface area is 110 Å². The lowest BCUT2D eigenvalue weighted by atomic mass is 10.1. The zero-order valence-electron chi connectivity index (χ0n) is 9.56. The van der Waals surface area contributed by atoms with Crippen molar-refractivity contribution in [2.45, 2.75) is 18.9 Å². The maximum Gasteiger partial charge on any atom is 0.147 e. The van der Waals surface area contributed by atoms with Crippen molar-refractivity contribution in [2.75, 3.05) is 12.0 Å². The molecule has 1 aromatic rings. The van der Waals surface area contributed by atoms with E-state index >= 15 is 0 Å². The molecule has 0 radical (unpaired) electrons. The van der Waals surface area contributed by atoms with Gasteiger partial charge in [0.25, 0.3) is 0 Å². The zero-order chi connectivity index (χ0) is 12.9. The number of hydrazine groups is 1. The molecule has 0 saturated carbocycles. The lowest BCUT2D eigenvalue weighted by Gasteiger charge is -2.15. The smallest absolute Gasteiger partial charge is 0.147 e. The van der Waals surface area contributed by atoms with E-state index in [1.165, 1.54) is 6.26 Å². The molecule has 1 heterocycles. The summed E-state index contributed by atoms with van der Waals surface area (Å²) in [5, 5.41) is 0. The summed E-state index contributed by atoms with van der Waals surface area (Å²) in [4.78, 5) is 4.05. The average Bonchev–Trinajstić information content (AvgIpc) is 2.23. The van der Waals surface area contributed by atoms with Gasteiger partial charge in [-0.2, -0.15) is 0 Å². The normalized spacial score (nSPS) is 13.6. The number of halogens is 1. The minimum Gasteiger partial charge on any atom is -0.271 e. The number of nitrogens with zero attached hydrogens (tertiary/aromatic N) is 1. The van der Waals surface area contributed by atoms with Crippen molar-refractivity contribution in [1.82, 2.24) is 10.4 Å². The van der Waals surface area contributed by atoms with Gasteiger partial charge in [0.1, 0.15) is 9.84 Å². The van der Waals surface area contributed by atoms with E-state index in [0.717, 1.165) is 10.0 Å². The predicted octanol–water partition coefficient (Wildman–Crippen LogP) is 1.17. The van der Waals surface area contributed by atoms with Crippen LogP contribution < -0.4 is 11.3 Å². The second-order valence-corrected chi connectivity index (χ2v) is 7.10. The van der Waals surface area contributed by atoms with Crippen molar-refractivity contribution in [3.63, 3.8) is 0 Å². The number of aromatic nitrogens is 1. The van der Waals surface area contributed by atoms with Crippen LogP contribution in [0.1, 0.15) is 24.4 Å². The number of pyridine rings is 1. The van der Waals surface area contributed by atoms with E-state index in [1.54, 1.807) is 12.4 Å². The maximum atomic E-state index is 11.0. The standard InChI is InChI=1S/C10H16BrN3O2S/c1-17(15,16)4-2-3-10(14-12)8-5-9(11)7-13-6-8/h5-7,10,14H,2-4,12H2,1H3. The Kier molecular flexibility index (Phi) is 5.51. The van der Waals surface area contributed by atoms with Gasteiger partial charge in [0, 0.05) is 34.9 Å². The first kappa shape index (κ1) is 14.6. The molecule has 5 nitrogen and oxygen atoms in total. The summed E-state index contributed by atoms with van der Waals surface area (Å²) >= 11 is 3.33. The van der Waals surface area contributed by atoms with E-state index in [4.69, 9.17) is 5.84 Å². The van der Waals surface area contributed by atoms with Gasteiger partial charge in [-0.3, -0.25) is 16.3 Å². The van der Waals surface area contributed by atoms with Crippen LogP contribution >= 0.6 is 15.9 Å². The van der Waals surface area contributed by atoms with E-state index in [2.05, 4.69) is 26.3 Å². The van der Waals surface area contributed by atoms with E-state index in [9.17, 15) is 8.42 Å². The molecule has 0 fully saturated rings. The maximum absolute atomic E-state index is 11.0. The Morgan fingerprint density at radius 2 is 2.24 bits per heavy atom. The van der Waals surface area contributed by atoms with Gasteiger partial charge in [0.05, 0.1) is 0 Å². The van der Waals surface area contributed by atoms with Crippen LogP contribution in [0.25, 0.3) is 0 Å². The SMILES string of the molecule is CS(=O)(=O)CCCC(NN)c1cncc(Br)c1. The summed E-state index contributed by atoms with van der Waals surface area (Å²) in [5.74, 6) is 5.64. The minimum absolute atomic E-state index is 0.0817. The Morgan fingerprint density at radius 1 is 1.53 bits per heavy atom. The highest BCUT2D eigenvalue weighted by molar-refractivity contribution is 9.10. The molecule has 7 heteroatoms. The third kappa shape index (κ3) is 5.58. The molecule has 3 N–H and O–H groups in total. The molecule has 0 aliphatic carbocycles. The second kappa shape index (κ2) is 6.44. The van der Waals surface area contributed by atoms with Crippen LogP contribution in [0.2, 0.25) is 0 Å². The summed E-state index contributed by atoms with van der Waals surface area (Å²) in [5.41, 5.74) is 3.62. The molecule has 1 rings (SSSR count). The lowest BCUT2D eigenvalue weighted by molar-refractivity contribution is 0.506. The van der Waals surface area contributed by atoms with Crippen LogP contribution in [0.15, 0.2) is 22.9 Å². The molecule has 0 amide bonds. The van der Waals surface area contributed by atoms with Crippen LogP contribution in [0, 0.1) is 0 Å². The van der Waals surface area contributed by atoms with Gasteiger partial charge >= 0.3 is 0 Å². The van der Waals surface area contributed by atoms with Gasteiger partial charge in [-0.25, -0.2) is 8.42 Å². The topological polar surface area (TPSA) is 85.1 Å². The van der Waals surface area contributed by atoms with Gasteiger partial charge in [0.15, 0.2) is 0 Å². The first-order valence-electron chi connectivity index (χ1n) is 5.16. The van der Waals surface area contributed by atoms with E-state index in [-0.39, 0.29) is 11.8 Å². The molecule has 1 unspecified atom stereocenters. The molecular weight excluding hydrogens is 306 g/mol. The molecule has 96 valence electrons. The number of rotatable bonds is 6. The second-order valence-electron chi connectivity index (χ2n) is 3.93. The fraction of sp³-hybridized carbons (Fsp3) is 0.500. The number of nitrogens with one attached hydrogen (secondary N) is 1. The van der Waals surface area contributed by atoms with Crippen LogP contribution in [-0.2, 0) is 9.84 Å². The first-order chi connectivity index (χ1) is 7.92. The molecule has 17 heavy (non-hydrogen) atoms. The molecule has 0 saturated heterocycles. The highest BCUT2D eigenvalue weighted by Crippen LogP contribution is 2.20. The Hall–Kier alpha value is -0.500. The summed E-state index contributed by atoms with van der Waals surface area (Å²) < 4.78 is 22.9. The summed E-state index contributed by atoms with van der Waals surface area (Å²) in [6.07, 6.45) is 5.86. The van der Waals surface area contributed by atoms with E-state index in [0.29, 0.717) is 12.8 Å². The van der Waals surface area contributed by atoms with Crippen LogP contribution in [0.4, 0.5) is 0 Å². The summed E-state index contributed by atoms with van der Waals surface area (Å²) in [6.45, 7) is 0. The first-order valence-corrected chi connectivity index (χ1v) is 8.02. The minimum atomic E-state index is -2.91. The molecule has 0 spiro atoms. The van der Waals surface area contributed by atoms with Crippen molar-refractivity contribution < 1.29 is 8.42 Å². The van der Waals surface area contributed by atoms with Crippen LogP contribution in [-0.4, -0.2) is 25.4 Å². The van der Waals surface area contributed by atoms with Gasteiger partial charge in [-0.1, -0.05) is 0 Å². The summed E-state index contributed by atoms with van der Waals surface area (Å²) in [7, 11) is -2.91. The van der Waals surface area contributed by atoms with E-state index in [1.807, 2.05) is 6.07 Å². The van der Waals surface area contributed by atoms with Crippen molar-refractivity contribution >= 4 is 25.8 Å². The highest BCUT2D eigenvalue weighted by atomic mass is 79.9. The Morgan fingerprint density at radius 3 is 2.76 bits per heavy atom. The third-order valence-electron chi connectivity index (χ3n) is 2.34. The fourth-order valence-corrected chi connectivity index (χ4v) is 2.59. The largest absolute Gasteiger partial charge is 0.271 e. The summed E-state index contributed by atoms with van der Waals surface area (Å²) in [6, 6.07) is 1.83. The fourth-order valence-electron chi connectivity index (χ4n) is 1.51. The molecule has 0 bridgehead atoms. The number of sulfone groups is 1. The highest BCUT2D eigenvalue weighted by Gasteiger charge is 2.11.